The van der Waals surface area contributed by atoms with Crippen molar-refractivity contribution in [3.63, 3.8) is 0 Å². The monoisotopic (exact) mass is 548 g/mol. The molecule has 0 N–H and O–H groups in total. The Labute approximate surface area is 239 Å². The summed E-state index contributed by atoms with van der Waals surface area (Å²) in [4.78, 5) is 20.2. The van der Waals surface area contributed by atoms with Crippen molar-refractivity contribution in [1.29, 1.82) is 0 Å². The summed E-state index contributed by atoms with van der Waals surface area (Å²) in [7, 11) is 0. The summed E-state index contributed by atoms with van der Waals surface area (Å²) in [6, 6.07) is 26.3. The van der Waals surface area contributed by atoms with Crippen LogP contribution < -0.4 is 4.74 Å². The number of para-hydroxylation sites is 1. The van der Waals surface area contributed by atoms with E-state index in [-0.39, 0.29) is 5.91 Å². The highest BCUT2D eigenvalue weighted by molar-refractivity contribution is 8.18. The molecule has 3 heterocycles. The third-order valence-electron chi connectivity index (χ3n) is 7.24. The first-order valence-electron chi connectivity index (χ1n) is 13.7. The first-order valence-corrected chi connectivity index (χ1v) is 14.5. The van der Waals surface area contributed by atoms with Crippen LogP contribution >= 0.6 is 11.8 Å². The topological polar surface area (TPSA) is 59.7 Å². The van der Waals surface area contributed by atoms with Crippen molar-refractivity contribution < 1.29 is 9.53 Å². The van der Waals surface area contributed by atoms with Crippen molar-refractivity contribution in [2.24, 2.45) is 10.9 Å². The van der Waals surface area contributed by atoms with Crippen LogP contribution in [0.4, 0.5) is 0 Å². The number of thioether (sulfide) groups is 1. The largest absolute Gasteiger partial charge is 0.489 e. The first-order chi connectivity index (χ1) is 19.5. The minimum absolute atomic E-state index is 0.184. The molecule has 6 rings (SSSR count). The lowest BCUT2D eigenvalue weighted by Crippen LogP contribution is -2.37. The Hall–Kier alpha value is -4.10. The molecule has 0 bridgehead atoms. The molecule has 3 aromatic carbocycles. The van der Waals surface area contributed by atoms with Gasteiger partial charge in [-0.2, -0.15) is 10.1 Å². The van der Waals surface area contributed by atoms with Crippen molar-refractivity contribution in [1.82, 2.24) is 14.7 Å². The number of hydrogen-bond acceptors (Lipinski definition) is 5. The van der Waals surface area contributed by atoms with E-state index in [1.807, 2.05) is 71.6 Å². The van der Waals surface area contributed by atoms with Gasteiger partial charge in [0.05, 0.1) is 16.3 Å². The lowest BCUT2D eigenvalue weighted by Gasteiger charge is -2.31. The van der Waals surface area contributed by atoms with Crippen LogP contribution in [0.1, 0.15) is 36.5 Å². The number of ether oxygens (including phenoxy) is 1. The van der Waals surface area contributed by atoms with Gasteiger partial charge in [-0.1, -0.05) is 55.0 Å². The van der Waals surface area contributed by atoms with Gasteiger partial charge in [0.15, 0.2) is 5.17 Å². The molecule has 40 heavy (non-hydrogen) atoms. The number of amidine groups is 1. The van der Waals surface area contributed by atoms with Crippen molar-refractivity contribution in [3.8, 4) is 22.7 Å². The van der Waals surface area contributed by atoms with Gasteiger partial charge in [-0.3, -0.25) is 4.79 Å². The molecular formula is C33H32N4O2S. The van der Waals surface area contributed by atoms with Gasteiger partial charge in [0.25, 0.3) is 5.91 Å². The van der Waals surface area contributed by atoms with Crippen molar-refractivity contribution >= 4 is 28.9 Å². The summed E-state index contributed by atoms with van der Waals surface area (Å²) >= 11 is 1.47. The number of aryl methyl sites for hydroxylation is 1. The number of rotatable bonds is 6. The van der Waals surface area contributed by atoms with Gasteiger partial charge in [0, 0.05) is 30.4 Å². The van der Waals surface area contributed by atoms with Crippen LogP contribution in [0.5, 0.6) is 5.75 Å². The zero-order valence-electron chi connectivity index (χ0n) is 22.8. The first kappa shape index (κ1) is 26.1. The molecule has 1 atom stereocenters. The Balaban J connectivity index is 1.26. The maximum Gasteiger partial charge on any atom is 0.286 e. The number of benzene rings is 3. The summed E-state index contributed by atoms with van der Waals surface area (Å²) in [5.74, 6) is 1.22. The van der Waals surface area contributed by atoms with E-state index in [1.54, 1.807) is 0 Å². The predicted octanol–water partition coefficient (Wildman–Crippen LogP) is 7.13. The molecule has 6 nitrogen and oxygen atoms in total. The summed E-state index contributed by atoms with van der Waals surface area (Å²) < 4.78 is 7.88. The molecule has 1 unspecified atom stereocenters. The molecule has 0 saturated carbocycles. The molecule has 4 aromatic rings. The maximum atomic E-state index is 12.9. The van der Waals surface area contributed by atoms with E-state index in [0.717, 1.165) is 58.5 Å². The van der Waals surface area contributed by atoms with E-state index in [9.17, 15) is 4.79 Å². The number of hydrogen-bond donors (Lipinski definition) is 0. The van der Waals surface area contributed by atoms with E-state index in [2.05, 4.69) is 48.0 Å². The molecule has 202 valence electrons. The molecule has 2 aliphatic heterocycles. The number of nitrogens with zero attached hydrogens (tertiary/aromatic N) is 4. The quantitative estimate of drug-likeness (QED) is 0.240. The second-order valence-electron chi connectivity index (χ2n) is 10.5. The lowest BCUT2D eigenvalue weighted by atomic mass is 10.0. The van der Waals surface area contributed by atoms with Crippen molar-refractivity contribution in [3.05, 3.63) is 107 Å². The molecule has 0 radical (unpaired) electrons. The van der Waals surface area contributed by atoms with Gasteiger partial charge in [0.1, 0.15) is 12.4 Å². The maximum absolute atomic E-state index is 12.9. The van der Waals surface area contributed by atoms with Crippen LogP contribution in [-0.2, 0) is 11.4 Å². The number of piperidine rings is 1. The smallest absolute Gasteiger partial charge is 0.286 e. The summed E-state index contributed by atoms with van der Waals surface area (Å²) in [5, 5.41) is 5.75. The van der Waals surface area contributed by atoms with Crippen molar-refractivity contribution in [2.75, 3.05) is 13.1 Å². The number of carbonyl (C=O) groups is 1. The second kappa shape index (κ2) is 11.6. The van der Waals surface area contributed by atoms with Crippen LogP contribution in [0, 0.1) is 12.8 Å². The van der Waals surface area contributed by atoms with E-state index in [0.29, 0.717) is 17.4 Å². The SMILES string of the molecule is Cc1ccc(COc2ccc(-c3nn(-c4ccccc4)cc3C=C3SC(N4CCCC(C)C4)=NC3=O)cc2)cc1. The molecule has 0 spiro atoms. The Morgan fingerprint density at radius 2 is 1.80 bits per heavy atom. The van der Waals surface area contributed by atoms with E-state index in [1.165, 1.54) is 23.7 Å². The minimum Gasteiger partial charge on any atom is -0.489 e. The molecule has 0 aliphatic carbocycles. The zero-order chi connectivity index (χ0) is 27.5. The van der Waals surface area contributed by atoms with Crippen LogP contribution in [-0.4, -0.2) is 38.8 Å². The van der Waals surface area contributed by atoms with Gasteiger partial charge in [-0.15, -0.1) is 0 Å². The van der Waals surface area contributed by atoms with Crippen LogP contribution in [0.3, 0.4) is 0 Å². The van der Waals surface area contributed by atoms with Gasteiger partial charge >= 0.3 is 0 Å². The number of aliphatic imine (C=N–C) groups is 1. The molecule has 2 aliphatic rings. The fourth-order valence-corrected chi connectivity index (χ4v) is 5.97. The molecule has 1 aromatic heterocycles. The van der Waals surface area contributed by atoms with Gasteiger partial charge in [-0.05, 0) is 85.5 Å². The molecule has 7 heteroatoms. The summed E-state index contributed by atoms with van der Waals surface area (Å²) in [5.41, 5.74) is 5.94. The van der Waals surface area contributed by atoms with Crippen LogP contribution in [0.2, 0.25) is 0 Å². The summed E-state index contributed by atoms with van der Waals surface area (Å²) in [6.07, 6.45) is 6.27. The number of amides is 1. The van der Waals surface area contributed by atoms with Crippen LogP contribution in [0.25, 0.3) is 23.0 Å². The third-order valence-corrected chi connectivity index (χ3v) is 8.28. The number of carbonyl (C=O) groups excluding carboxylic acids is 1. The Morgan fingerprint density at radius 1 is 1.02 bits per heavy atom. The third kappa shape index (κ3) is 5.89. The highest BCUT2D eigenvalue weighted by Gasteiger charge is 2.29. The van der Waals surface area contributed by atoms with Gasteiger partial charge in [-0.25, -0.2) is 4.68 Å². The molecule has 1 amide bonds. The van der Waals surface area contributed by atoms with Gasteiger partial charge < -0.3 is 9.64 Å². The number of likely N-dealkylation sites (tertiary alicyclic amines) is 1. The number of aromatic nitrogens is 2. The summed E-state index contributed by atoms with van der Waals surface area (Å²) in [6.45, 7) is 6.74. The zero-order valence-corrected chi connectivity index (χ0v) is 23.6. The highest BCUT2D eigenvalue weighted by Crippen LogP contribution is 2.35. The molecule has 1 fully saturated rings. The van der Waals surface area contributed by atoms with E-state index >= 15 is 0 Å². The molecule has 1 saturated heterocycles. The average molecular weight is 549 g/mol. The van der Waals surface area contributed by atoms with E-state index < -0.39 is 0 Å². The van der Waals surface area contributed by atoms with Crippen LogP contribution in [0.15, 0.2) is 95.0 Å². The van der Waals surface area contributed by atoms with Crippen molar-refractivity contribution in [2.45, 2.75) is 33.3 Å². The standard InChI is InChI=1S/C33H32N4O2S/c1-23-10-12-25(13-11-23)22-39-29-16-14-26(15-17-29)31-27(21-37(35-31)28-8-4-3-5-9-28)19-30-32(38)34-33(40-30)36-18-6-7-24(2)20-36/h3-5,8-17,19,21,24H,6-7,18,20,22H2,1-2H3. The fraction of sp³-hybridized carbons (Fsp3) is 0.242. The Kier molecular flexibility index (Phi) is 7.55. The lowest BCUT2D eigenvalue weighted by molar-refractivity contribution is -0.113. The highest BCUT2D eigenvalue weighted by atomic mass is 32.2. The minimum atomic E-state index is -0.184. The van der Waals surface area contributed by atoms with E-state index in [4.69, 9.17) is 9.84 Å². The molecular weight excluding hydrogens is 516 g/mol. The normalized spacial score (nSPS) is 18.3. The second-order valence-corrected chi connectivity index (χ2v) is 11.5. The fourth-order valence-electron chi connectivity index (χ4n) is 5.03. The predicted molar refractivity (Wildman–Crippen MR) is 162 cm³/mol. The Bertz CT molecular complexity index is 1560. The Morgan fingerprint density at radius 3 is 2.55 bits per heavy atom. The average Bonchev–Trinajstić information content (AvgIpc) is 3.57. The van der Waals surface area contributed by atoms with Gasteiger partial charge in [0.2, 0.25) is 0 Å².